The number of aromatic nitrogens is 4. The highest BCUT2D eigenvalue weighted by Crippen LogP contribution is 2.24. The Kier molecular flexibility index (Phi) is 20.7. The number of ether oxygens (including phenoxy) is 5. The van der Waals surface area contributed by atoms with Gasteiger partial charge in [-0.3, -0.25) is 14.2 Å². The van der Waals surface area contributed by atoms with Gasteiger partial charge in [0.25, 0.3) is 0 Å². The first kappa shape index (κ1) is 40.5. The van der Waals surface area contributed by atoms with Crippen LogP contribution < -0.4 is 10.6 Å². The topological polar surface area (TPSA) is 148 Å². The molecule has 0 saturated carbocycles. The molecule has 49 heavy (non-hydrogen) atoms. The summed E-state index contributed by atoms with van der Waals surface area (Å²) in [4.78, 5) is 37.9. The van der Waals surface area contributed by atoms with Gasteiger partial charge in [-0.15, -0.1) is 11.6 Å². The Morgan fingerprint density at radius 3 is 2.12 bits per heavy atom. The van der Waals surface area contributed by atoms with Crippen molar-refractivity contribution in [3.63, 3.8) is 0 Å². The fourth-order valence-corrected chi connectivity index (χ4v) is 5.68. The number of rotatable bonds is 28. The number of hydrogen-bond acceptors (Lipinski definition) is 11. The summed E-state index contributed by atoms with van der Waals surface area (Å²) in [7, 11) is 0. The second-order valence-corrected chi connectivity index (χ2v) is 12.2. The third-order valence-electron chi connectivity index (χ3n) is 6.91. The Hall–Kier alpha value is -2.92. The number of carbonyl (C=O) groups excluding carboxylic acids is 2. The molecule has 0 spiro atoms. The molecule has 0 bridgehead atoms. The van der Waals surface area contributed by atoms with E-state index < -0.39 is 6.04 Å². The molecule has 2 aromatic heterocycles. The number of unbranched alkanes of at least 4 members (excludes halogenated alkanes) is 3. The zero-order valence-corrected chi connectivity index (χ0v) is 29.7. The zero-order chi connectivity index (χ0) is 34.9. The number of thioether (sulfide) groups is 1. The van der Waals surface area contributed by atoms with E-state index in [9.17, 15) is 14.0 Å². The van der Waals surface area contributed by atoms with Gasteiger partial charge in [-0.1, -0.05) is 36.7 Å². The van der Waals surface area contributed by atoms with Gasteiger partial charge in [-0.2, -0.15) is 0 Å². The monoisotopic (exact) mass is 726 g/mol. The van der Waals surface area contributed by atoms with Crippen molar-refractivity contribution < 1.29 is 37.7 Å². The molecule has 0 radical (unpaired) electrons. The van der Waals surface area contributed by atoms with Crippen molar-refractivity contribution in [2.45, 2.75) is 50.4 Å². The van der Waals surface area contributed by atoms with Gasteiger partial charge in [0.2, 0.25) is 11.8 Å². The Morgan fingerprint density at radius 2 is 1.49 bits per heavy atom. The normalized spacial score (nSPS) is 12.0. The van der Waals surface area contributed by atoms with Crippen molar-refractivity contribution in [1.29, 1.82) is 0 Å². The molecule has 2 N–H and O–H groups in total. The molecule has 0 aliphatic rings. The van der Waals surface area contributed by atoms with Crippen LogP contribution in [0.5, 0.6) is 0 Å². The van der Waals surface area contributed by atoms with Crippen LogP contribution in [0.4, 0.5) is 4.39 Å². The fourth-order valence-electron chi connectivity index (χ4n) is 4.47. The standard InChI is InChI=1S/C33H48ClFN6O7S/c1-26(42)39-30(24-49-33-40-29-22-36-25-38-31(29)41(33)23-27-6-8-28(35)9-7-27)32(43)37-11-13-45-15-17-47-19-21-48-20-18-46-16-14-44-12-5-3-2-4-10-34/h6-9,22,25,30H,2-5,10-21,23-24H2,1H3,(H,37,43)(H,39,42)/t30-/m0/s1. The number of nitrogens with zero attached hydrogens (tertiary/aromatic N) is 4. The number of imidazole rings is 1. The summed E-state index contributed by atoms with van der Waals surface area (Å²) in [6, 6.07) is 5.37. The van der Waals surface area contributed by atoms with E-state index in [1.54, 1.807) is 18.3 Å². The number of benzene rings is 1. The average Bonchev–Trinajstić information content (AvgIpc) is 3.44. The number of amides is 2. The van der Waals surface area contributed by atoms with Crippen LogP contribution in [-0.4, -0.2) is 122 Å². The summed E-state index contributed by atoms with van der Waals surface area (Å²) < 4.78 is 42.9. The number of nitrogens with one attached hydrogen (secondary N) is 2. The van der Waals surface area contributed by atoms with Crippen LogP contribution in [0.1, 0.15) is 38.2 Å². The number of hydrogen-bond donors (Lipinski definition) is 2. The van der Waals surface area contributed by atoms with Crippen molar-refractivity contribution in [3.05, 3.63) is 48.2 Å². The molecule has 2 amide bonds. The van der Waals surface area contributed by atoms with Crippen LogP contribution in [0.25, 0.3) is 11.2 Å². The van der Waals surface area contributed by atoms with Crippen LogP contribution >= 0.6 is 23.4 Å². The van der Waals surface area contributed by atoms with Gasteiger partial charge in [0.05, 0.1) is 72.2 Å². The number of alkyl halides is 1. The van der Waals surface area contributed by atoms with Crippen LogP contribution in [0.2, 0.25) is 0 Å². The summed E-state index contributed by atoms with van der Waals surface area (Å²) in [5, 5.41) is 6.10. The van der Waals surface area contributed by atoms with Gasteiger partial charge >= 0.3 is 0 Å². The van der Waals surface area contributed by atoms with Gasteiger partial charge < -0.3 is 34.3 Å². The lowest BCUT2D eigenvalue weighted by Gasteiger charge is -2.17. The van der Waals surface area contributed by atoms with Gasteiger partial charge in [-0.25, -0.2) is 19.3 Å². The van der Waals surface area contributed by atoms with E-state index in [2.05, 4.69) is 25.6 Å². The SMILES string of the molecule is CC(=O)N[C@@H](CSc1nc2cncnc2n1Cc1ccc(F)cc1)C(=O)NCCOCCOCCOCCOCCOCCCCCCCl. The van der Waals surface area contributed by atoms with E-state index in [-0.39, 0.29) is 36.5 Å². The first-order valence-corrected chi connectivity index (χ1v) is 18.0. The summed E-state index contributed by atoms with van der Waals surface area (Å²) in [6.45, 7) is 6.83. The average molecular weight is 727 g/mol. The maximum absolute atomic E-state index is 13.4. The van der Waals surface area contributed by atoms with E-state index in [4.69, 9.17) is 35.3 Å². The van der Waals surface area contributed by atoms with E-state index in [1.165, 1.54) is 37.1 Å². The van der Waals surface area contributed by atoms with E-state index >= 15 is 0 Å². The van der Waals surface area contributed by atoms with E-state index in [0.717, 1.165) is 43.7 Å². The molecule has 3 rings (SSSR count). The molecule has 3 aromatic rings. The largest absolute Gasteiger partial charge is 0.379 e. The molecule has 1 atom stereocenters. The second-order valence-electron chi connectivity index (χ2n) is 10.9. The molecular weight excluding hydrogens is 679 g/mol. The highest BCUT2D eigenvalue weighted by Gasteiger charge is 2.22. The van der Waals surface area contributed by atoms with Gasteiger partial charge in [0.1, 0.15) is 23.7 Å². The van der Waals surface area contributed by atoms with Crippen molar-refractivity contribution >= 4 is 46.3 Å². The molecule has 272 valence electrons. The lowest BCUT2D eigenvalue weighted by Crippen LogP contribution is -2.48. The number of fused-ring (bicyclic) bond motifs is 1. The minimum Gasteiger partial charge on any atom is -0.379 e. The molecule has 0 unspecified atom stereocenters. The molecule has 0 saturated heterocycles. The minimum atomic E-state index is -0.809. The zero-order valence-electron chi connectivity index (χ0n) is 28.1. The van der Waals surface area contributed by atoms with Crippen LogP contribution in [0.3, 0.4) is 0 Å². The van der Waals surface area contributed by atoms with Gasteiger partial charge in [-0.05, 0) is 30.5 Å². The Bertz CT molecular complexity index is 1360. The van der Waals surface area contributed by atoms with Crippen molar-refractivity contribution in [1.82, 2.24) is 30.2 Å². The van der Waals surface area contributed by atoms with Crippen molar-refractivity contribution in [2.24, 2.45) is 0 Å². The minimum absolute atomic E-state index is 0.221. The quantitative estimate of drug-likeness (QED) is 0.0643. The molecule has 0 aliphatic carbocycles. The highest BCUT2D eigenvalue weighted by molar-refractivity contribution is 7.99. The highest BCUT2D eigenvalue weighted by atomic mass is 35.5. The third-order valence-corrected chi connectivity index (χ3v) is 8.25. The molecule has 13 nitrogen and oxygen atoms in total. The van der Waals surface area contributed by atoms with Crippen molar-refractivity contribution in [2.75, 3.05) is 84.2 Å². The Labute approximate surface area is 296 Å². The Morgan fingerprint density at radius 1 is 0.878 bits per heavy atom. The number of carbonyl (C=O) groups is 2. The maximum atomic E-state index is 13.4. The molecule has 0 aliphatic heterocycles. The van der Waals surface area contributed by atoms with E-state index in [0.29, 0.717) is 75.7 Å². The fraction of sp³-hybridized carbons (Fsp3) is 0.606. The first-order chi connectivity index (χ1) is 24.0. The lowest BCUT2D eigenvalue weighted by molar-refractivity contribution is -0.127. The predicted octanol–water partition coefficient (Wildman–Crippen LogP) is 3.61. The molecule has 2 heterocycles. The predicted molar refractivity (Wildman–Crippen MR) is 185 cm³/mol. The first-order valence-electron chi connectivity index (χ1n) is 16.5. The molecule has 0 fully saturated rings. The second kappa shape index (κ2) is 25.1. The van der Waals surface area contributed by atoms with E-state index in [1.807, 2.05) is 4.57 Å². The van der Waals surface area contributed by atoms with Crippen LogP contribution in [0, 0.1) is 5.82 Å². The summed E-state index contributed by atoms with van der Waals surface area (Å²) in [5.41, 5.74) is 2.05. The molecule has 16 heteroatoms. The molecular formula is C33H48ClFN6O7S. The summed E-state index contributed by atoms with van der Waals surface area (Å²) >= 11 is 6.96. The van der Waals surface area contributed by atoms with Crippen molar-refractivity contribution in [3.8, 4) is 0 Å². The van der Waals surface area contributed by atoms with Crippen LogP contribution in [-0.2, 0) is 39.8 Å². The Balaban J connectivity index is 1.25. The van der Waals surface area contributed by atoms with Gasteiger partial charge in [0, 0.05) is 31.7 Å². The lowest BCUT2D eigenvalue weighted by atomic mass is 10.2. The third kappa shape index (κ3) is 17.0. The van der Waals surface area contributed by atoms with Gasteiger partial charge in [0.15, 0.2) is 10.8 Å². The summed E-state index contributed by atoms with van der Waals surface area (Å²) in [5.74, 6) is -0.0520. The van der Waals surface area contributed by atoms with Crippen LogP contribution in [0.15, 0.2) is 41.9 Å². The smallest absolute Gasteiger partial charge is 0.243 e. The number of halogens is 2. The summed E-state index contributed by atoms with van der Waals surface area (Å²) in [6.07, 6.45) is 7.44. The maximum Gasteiger partial charge on any atom is 0.243 e. The molecule has 1 aromatic carbocycles.